The lowest BCUT2D eigenvalue weighted by molar-refractivity contribution is 0.0690. The minimum Gasteiger partial charge on any atom is -0.493 e. The van der Waals surface area contributed by atoms with Crippen LogP contribution in [0.3, 0.4) is 0 Å². The molecule has 2 fully saturated rings. The molecule has 7 nitrogen and oxygen atoms in total. The Balaban J connectivity index is 1.49. The lowest BCUT2D eigenvalue weighted by Gasteiger charge is -2.47. The molecule has 1 saturated carbocycles. The molecule has 0 aromatic heterocycles. The number of aliphatic imine (C=N–C) groups is 1. The normalized spacial score (nSPS) is 23.7. The Hall–Kier alpha value is -3.22. The fraction of sp³-hybridized carbons (Fsp3) is 0.462. The predicted molar refractivity (Wildman–Crippen MR) is 131 cm³/mol. The Kier molecular flexibility index (Phi) is 5.87. The number of amidine groups is 1. The number of nitrogens with zero attached hydrogens (tertiary/aromatic N) is 2. The van der Waals surface area contributed by atoms with Gasteiger partial charge in [0.2, 0.25) is 0 Å². The third-order valence-corrected chi connectivity index (χ3v) is 7.06. The molecule has 2 heterocycles. The molecule has 2 N–H and O–H groups in total. The Labute approximate surface area is 195 Å². The van der Waals surface area contributed by atoms with Gasteiger partial charge < -0.3 is 25.0 Å². The number of methoxy groups -OCH3 is 2. The molecule has 0 unspecified atom stereocenters. The number of likely N-dealkylation sites (tertiary alicyclic amines) is 1. The van der Waals surface area contributed by atoms with Crippen LogP contribution in [-0.4, -0.2) is 55.5 Å². The van der Waals surface area contributed by atoms with Gasteiger partial charge in [-0.05, 0) is 49.9 Å². The average molecular weight is 449 g/mol. The molecule has 33 heavy (non-hydrogen) atoms. The number of anilines is 2. The number of para-hydroxylation sites is 3. The summed E-state index contributed by atoms with van der Waals surface area (Å²) in [5.74, 6) is 1.95. The van der Waals surface area contributed by atoms with Gasteiger partial charge in [-0.15, -0.1) is 0 Å². The van der Waals surface area contributed by atoms with Crippen LogP contribution in [0.25, 0.3) is 0 Å². The van der Waals surface area contributed by atoms with Crippen LogP contribution >= 0.6 is 0 Å². The number of rotatable bonds is 4. The smallest absolute Gasteiger partial charge is 0.257 e. The van der Waals surface area contributed by atoms with Crippen molar-refractivity contribution in [3.63, 3.8) is 0 Å². The second-order valence-corrected chi connectivity index (χ2v) is 9.17. The van der Waals surface area contributed by atoms with Gasteiger partial charge in [0.05, 0.1) is 43.7 Å². The molecule has 0 bridgehead atoms. The van der Waals surface area contributed by atoms with Crippen LogP contribution in [0.1, 0.15) is 48.9 Å². The number of piperidine rings is 1. The van der Waals surface area contributed by atoms with E-state index in [1.165, 1.54) is 12.8 Å². The fourth-order valence-electron chi connectivity index (χ4n) is 5.39. The third kappa shape index (κ3) is 4.01. The summed E-state index contributed by atoms with van der Waals surface area (Å²) in [7, 11) is 3.16. The van der Waals surface area contributed by atoms with E-state index in [-0.39, 0.29) is 5.91 Å². The summed E-state index contributed by atoms with van der Waals surface area (Å²) in [5, 5.41) is 7.41. The topological polar surface area (TPSA) is 75.2 Å². The first kappa shape index (κ1) is 21.6. The van der Waals surface area contributed by atoms with E-state index >= 15 is 0 Å². The first-order valence-corrected chi connectivity index (χ1v) is 11.9. The number of nitrogens with one attached hydrogen (secondary N) is 2. The predicted octanol–water partition coefficient (Wildman–Crippen LogP) is 4.56. The Morgan fingerprint density at radius 1 is 1.03 bits per heavy atom. The highest BCUT2D eigenvalue weighted by Gasteiger charge is 2.45. The fourth-order valence-corrected chi connectivity index (χ4v) is 5.39. The van der Waals surface area contributed by atoms with Crippen molar-refractivity contribution in [2.24, 2.45) is 4.99 Å². The second-order valence-electron chi connectivity index (χ2n) is 9.17. The van der Waals surface area contributed by atoms with E-state index in [9.17, 15) is 4.79 Å². The monoisotopic (exact) mass is 448 g/mol. The van der Waals surface area contributed by atoms with Crippen LogP contribution in [0.2, 0.25) is 0 Å². The molecular weight excluding hydrogens is 416 g/mol. The SMILES string of the molecule is COc1cccc(C(=O)N2CCC[C@@]3(C2)Nc2ccccc2NC3=NC2CCCC2)c1OC. The first-order valence-electron chi connectivity index (χ1n) is 11.9. The Morgan fingerprint density at radius 3 is 2.58 bits per heavy atom. The highest BCUT2D eigenvalue weighted by molar-refractivity contribution is 6.10. The minimum absolute atomic E-state index is 0.0503. The van der Waals surface area contributed by atoms with Gasteiger partial charge in [-0.25, -0.2) is 0 Å². The van der Waals surface area contributed by atoms with Crippen molar-refractivity contribution < 1.29 is 14.3 Å². The third-order valence-electron chi connectivity index (χ3n) is 7.06. The van der Waals surface area contributed by atoms with Crippen molar-refractivity contribution in [3.05, 3.63) is 48.0 Å². The van der Waals surface area contributed by atoms with E-state index < -0.39 is 5.54 Å². The molecule has 1 spiro atoms. The van der Waals surface area contributed by atoms with Crippen LogP contribution in [-0.2, 0) is 0 Å². The lowest BCUT2D eigenvalue weighted by Crippen LogP contribution is -2.62. The van der Waals surface area contributed by atoms with Crippen molar-refractivity contribution >= 4 is 23.1 Å². The highest BCUT2D eigenvalue weighted by atomic mass is 16.5. The van der Waals surface area contributed by atoms with Gasteiger partial charge in [0, 0.05) is 6.54 Å². The summed E-state index contributed by atoms with van der Waals surface area (Å²) >= 11 is 0. The zero-order valence-electron chi connectivity index (χ0n) is 19.4. The molecule has 5 rings (SSSR count). The summed E-state index contributed by atoms with van der Waals surface area (Å²) in [6.45, 7) is 1.24. The average Bonchev–Trinajstić information content (AvgIpc) is 3.37. The Morgan fingerprint density at radius 2 is 1.82 bits per heavy atom. The van der Waals surface area contributed by atoms with E-state index in [1.807, 2.05) is 29.2 Å². The first-order chi connectivity index (χ1) is 16.1. The van der Waals surface area contributed by atoms with Gasteiger partial charge in [0.15, 0.2) is 11.5 Å². The van der Waals surface area contributed by atoms with Crippen molar-refractivity contribution in [2.45, 2.75) is 50.1 Å². The van der Waals surface area contributed by atoms with Crippen molar-refractivity contribution in [3.8, 4) is 11.5 Å². The van der Waals surface area contributed by atoms with Gasteiger partial charge in [0.25, 0.3) is 5.91 Å². The molecule has 1 saturated heterocycles. The van der Waals surface area contributed by atoms with Gasteiger partial charge in [0.1, 0.15) is 11.4 Å². The zero-order chi connectivity index (χ0) is 22.8. The number of amides is 1. The molecule has 2 aromatic carbocycles. The number of benzene rings is 2. The molecule has 174 valence electrons. The molecule has 2 aliphatic heterocycles. The van der Waals surface area contributed by atoms with Gasteiger partial charge in [-0.1, -0.05) is 31.0 Å². The van der Waals surface area contributed by atoms with Crippen molar-refractivity contribution in [1.82, 2.24) is 4.90 Å². The zero-order valence-corrected chi connectivity index (χ0v) is 19.4. The van der Waals surface area contributed by atoms with Crippen molar-refractivity contribution in [1.29, 1.82) is 0 Å². The van der Waals surface area contributed by atoms with E-state index in [0.29, 0.717) is 36.2 Å². The summed E-state index contributed by atoms with van der Waals surface area (Å²) in [6.07, 6.45) is 6.54. The molecule has 1 atom stereocenters. The molecule has 1 amide bonds. The van der Waals surface area contributed by atoms with Gasteiger partial charge >= 0.3 is 0 Å². The number of hydrogen-bond acceptors (Lipinski definition) is 5. The number of hydrogen-bond donors (Lipinski definition) is 2. The molecule has 1 aliphatic carbocycles. The highest BCUT2D eigenvalue weighted by Crippen LogP contribution is 2.38. The van der Waals surface area contributed by atoms with Crippen LogP contribution < -0.4 is 20.1 Å². The maximum Gasteiger partial charge on any atom is 0.257 e. The van der Waals surface area contributed by atoms with Crippen LogP contribution in [0.15, 0.2) is 47.5 Å². The largest absolute Gasteiger partial charge is 0.493 e. The molecule has 3 aliphatic rings. The number of ether oxygens (including phenoxy) is 2. The summed E-state index contributed by atoms with van der Waals surface area (Å²) in [4.78, 5) is 20.8. The van der Waals surface area contributed by atoms with E-state index in [4.69, 9.17) is 14.5 Å². The van der Waals surface area contributed by atoms with E-state index in [0.717, 1.165) is 42.9 Å². The maximum absolute atomic E-state index is 13.7. The summed E-state index contributed by atoms with van der Waals surface area (Å²) < 4.78 is 11.0. The maximum atomic E-state index is 13.7. The number of carbonyl (C=O) groups excluding carboxylic acids is 1. The van der Waals surface area contributed by atoms with Crippen LogP contribution in [0, 0.1) is 0 Å². The van der Waals surface area contributed by atoms with Crippen molar-refractivity contribution in [2.75, 3.05) is 37.9 Å². The van der Waals surface area contributed by atoms with E-state index in [1.54, 1.807) is 20.3 Å². The summed E-state index contributed by atoms with van der Waals surface area (Å²) in [6, 6.07) is 14.0. The summed E-state index contributed by atoms with van der Waals surface area (Å²) in [5.41, 5.74) is 2.18. The Bertz CT molecular complexity index is 1060. The standard InChI is InChI=1S/C26H32N4O3/c1-32-22-14-7-11-19(23(22)33-2)24(31)30-16-8-15-26(17-30)25(27-18-9-3-4-10-18)28-20-12-5-6-13-21(20)29-26/h5-7,11-14,18,29H,3-4,8-10,15-17H2,1-2H3,(H,27,28)/t26-/m0/s1. The van der Waals surface area contributed by atoms with Gasteiger partial charge in [-0.3, -0.25) is 9.79 Å². The van der Waals surface area contributed by atoms with Crippen LogP contribution in [0.5, 0.6) is 11.5 Å². The molecule has 7 heteroatoms. The van der Waals surface area contributed by atoms with E-state index in [2.05, 4.69) is 22.8 Å². The molecule has 2 aromatic rings. The molecular formula is C26H32N4O3. The lowest BCUT2D eigenvalue weighted by atomic mass is 9.84. The quantitative estimate of drug-likeness (QED) is 0.717. The van der Waals surface area contributed by atoms with Gasteiger partial charge in [-0.2, -0.15) is 0 Å². The number of carbonyl (C=O) groups is 1. The van der Waals surface area contributed by atoms with Crippen LogP contribution in [0.4, 0.5) is 11.4 Å². The number of fused-ring (bicyclic) bond motifs is 1. The molecule has 0 radical (unpaired) electrons. The minimum atomic E-state index is -0.434. The second kappa shape index (κ2) is 8.96.